The van der Waals surface area contributed by atoms with Gasteiger partial charge in [-0.25, -0.2) is 0 Å². The van der Waals surface area contributed by atoms with Gasteiger partial charge in [-0.15, -0.1) is 0 Å². The Hall–Kier alpha value is 0.597. The molecule has 0 N–H and O–H groups in total. The molecule has 0 nitrogen and oxygen atoms in total. The first-order chi connectivity index (χ1) is 4.61. The maximum absolute atomic E-state index is 2.38. The monoisotopic (exact) mass is 148 g/mol. The molecule has 0 aromatic carbocycles. The van der Waals surface area contributed by atoms with Crippen molar-refractivity contribution < 1.29 is 0 Å². The zero-order valence-corrected chi connectivity index (χ0v) is 7.61. The summed E-state index contributed by atoms with van der Waals surface area (Å²) in [5.41, 5.74) is 0.570. The SMILES string of the molecule is CC(C)(C)C1CCCCC1.[LiH]. The first-order valence-corrected chi connectivity index (χ1v) is 4.61. The molecule has 0 aliphatic heterocycles. The third-order valence-electron chi connectivity index (χ3n) is 2.83. The van der Waals surface area contributed by atoms with Crippen LogP contribution in [0, 0.1) is 11.3 Å². The van der Waals surface area contributed by atoms with Crippen molar-refractivity contribution in [2.45, 2.75) is 52.9 Å². The molecular weight excluding hydrogens is 127 g/mol. The summed E-state index contributed by atoms with van der Waals surface area (Å²) in [4.78, 5) is 0. The molecule has 0 unspecified atom stereocenters. The van der Waals surface area contributed by atoms with E-state index < -0.39 is 0 Å². The summed E-state index contributed by atoms with van der Waals surface area (Å²) >= 11 is 0. The van der Waals surface area contributed by atoms with Crippen LogP contribution < -0.4 is 0 Å². The quantitative estimate of drug-likeness (QED) is 0.463. The van der Waals surface area contributed by atoms with Crippen molar-refractivity contribution in [1.82, 2.24) is 0 Å². The molecule has 1 saturated carbocycles. The Balaban J connectivity index is 0.000001000. The van der Waals surface area contributed by atoms with Crippen molar-refractivity contribution in [2.75, 3.05) is 0 Å². The van der Waals surface area contributed by atoms with Gasteiger partial charge in [-0.2, -0.15) is 0 Å². The molecule has 1 aliphatic rings. The van der Waals surface area contributed by atoms with Gasteiger partial charge in [0, 0.05) is 0 Å². The maximum atomic E-state index is 2.38. The Kier molecular flexibility index (Phi) is 4.83. The number of hydrogen-bond donors (Lipinski definition) is 0. The fourth-order valence-electron chi connectivity index (χ4n) is 1.97. The average molecular weight is 148 g/mol. The van der Waals surface area contributed by atoms with Gasteiger partial charge in [0.25, 0.3) is 0 Å². The van der Waals surface area contributed by atoms with Gasteiger partial charge in [0.1, 0.15) is 0 Å². The van der Waals surface area contributed by atoms with Gasteiger partial charge in [-0.3, -0.25) is 0 Å². The van der Waals surface area contributed by atoms with Crippen molar-refractivity contribution in [3.05, 3.63) is 0 Å². The Morgan fingerprint density at radius 1 is 0.909 bits per heavy atom. The molecule has 62 valence electrons. The van der Waals surface area contributed by atoms with Crippen LogP contribution in [0.2, 0.25) is 0 Å². The summed E-state index contributed by atoms with van der Waals surface area (Å²) in [6, 6.07) is 0. The minimum absolute atomic E-state index is 0. The average Bonchev–Trinajstić information content (AvgIpc) is 1.88. The predicted octanol–water partition coefficient (Wildman–Crippen LogP) is 2.96. The molecule has 0 amide bonds. The van der Waals surface area contributed by atoms with Gasteiger partial charge in [-0.05, 0) is 24.2 Å². The van der Waals surface area contributed by atoms with Crippen molar-refractivity contribution in [2.24, 2.45) is 11.3 Å². The first-order valence-electron chi connectivity index (χ1n) is 4.61. The fourth-order valence-corrected chi connectivity index (χ4v) is 1.97. The van der Waals surface area contributed by atoms with Crippen LogP contribution in [0.4, 0.5) is 0 Å². The van der Waals surface area contributed by atoms with Crippen LogP contribution in [0.15, 0.2) is 0 Å². The normalized spacial score (nSPS) is 21.0. The Morgan fingerprint density at radius 2 is 1.36 bits per heavy atom. The summed E-state index contributed by atoms with van der Waals surface area (Å²) in [7, 11) is 0. The molecule has 11 heavy (non-hydrogen) atoms. The molecule has 0 spiro atoms. The summed E-state index contributed by atoms with van der Waals surface area (Å²) in [6.45, 7) is 7.13. The van der Waals surface area contributed by atoms with Gasteiger partial charge in [0.2, 0.25) is 0 Å². The van der Waals surface area contributed by atoms with Gasteiger partial charge in [-0.1, -0.05) is 40.0 Å². The molecule has 0 saturated heterocycles. The van der Waals surface area contributed by atoms with E-state index in [4.69, 9.17) is 0 Å². The Morgan fingerprint density at radius 3 is 1.64 bits per heavy atom. The summed E-state index contributed by atoms with van der Waals surface area (Å²) in [5.74, 6) is 1.00. The molecular formula is C10H21Li. The summed E-state index contributed by atoms with van der Waals surface area (Å²) in [6.07, 6.45) is 7.38. The van der Waals surface area contributed by atoms with Gasteiger partial charge in [0.15, 0.2) is 0 Å². The van der Waals surface area contributed by atoms with Gasteiger partial charge < -0.3 is 0 Å². The molecule has 0 aromatic rings. The topological polar surface area (TPSA) is 0 Å². The Labute approximate surface area is 83.3 Å². The first kappa shape index (κ1) is 11.6. The van der Waals surface area contributed by atoms with Crippen molar-refractivity contribution >= 4 is 18.9 Å². The second-order valence-corrected chi connectivity index (χ2v) is 4.70. The zero-order chi connectivity index (χ0) is 7.61. The van der Waals surface area contributed by atoms with E-state index in [0.29, 0.717) is 5.41 Å². The molecule has 0 radical (unpaired) electrons. The van der Waals surface area contributed by atoms with Crippen LogP contribution in [0.25, 0.3) is 0 Å². The van der Waals surface area contributed by atoms with Crippen LogP contribution in [-0.4, -0.2) is 18.9 Å². The molecule has 1 heteroatoms. The van der Waals surface area contributed by atoms with Crippen LogP contribution in [0.5, 0.6) is 0 Å². The number of hydrogen-bond acceptors (Lipinski definition) is 0. The molecule has 0 heterocycles. The van der Waals surface area contributed by atoms with Crippen LogP contribution in [-0.2, 0) is 0 Å². The molecule has 1 fully saturated rings. The van der Waals surface area contributed by atoms with E-state index in [1.54, 1.807) is 0 Å². The molecule has 1 rings (SSSR count). The molecule has 0 atom stereocenters. The van der Waals surface area contributed by atoms with E-state index in [1.165, 1.54) is 32.1 Å². The summed E-state index contributed by atoms with van der Waals surface area (Å²) < 4.78 is 0. The van der Waals surface area contributed by atoms with Crippen LogP contribution >= 0.6 is 0 Å². The second-order valence-electron chi connectivity index (χ2n) is 4.70. The summed E-state index contributed by atoms with van der Waals surface area (Å²) in [5, 5.41) is 0. The van der Waals surface area contributed by atoms with E-state index in [-0.39, 0.29) is 18.9 Å². The van der Waals surface area contributed by atoms with Crippen LogP contribution in [0.1, 0.15) is 52.9 Å². The minimum atomic E-state index is 0. The van der Waals surface area contributed by atoms with Crippen molar-refractivity contribution in [3.8, 4) is 0 Å². The third kappa shape index (κ3) is 3.68. The molecule has 1 aliphatic carbocycles. The molecule has 0 aromatic heterocycles. The predicted molar refractivity (Wildman–Crippen MR) is 53.2 cm³/mol. The third-order valence-corrected chi connectivity index (χ3v) is 2.83. The van der Waals surface area contributed by atoms with Crippen molar-refractivity contribution in [3.63, 3.8) is 0 Å². The second kappa shape index (κ2) is 4.58. The van der Waals surface area contributed by atoms with E-state index in [0.717, 1.165) is 5.92 Å². The zero-order valence-electron chi connectivity index (χ0n) is 7.61. The van der Waals surface area contributed by atoms with E-state index in [2.05, 4.69) is 20.8 Å². The van der Waals surface area contributed by atoms with Crippen molar-refractivity contribution in [1.29, 1.82) is 0 Å². The van der Waals surface area contributed by atoms with E-state index in [1.807, 2.05) is 0 Å². The van der Waals surface area contributed by atoms with E-state index in [9.17, 15) is 0 Å². The van der Waals surface area contributed by atoms with Gasteiger partial charge in [0.05, 0.1) is 0 Å². The number of rotatable bonds is 0. The Bertz CT molecular complexity index is 95.9. The van der Waals surface area contributed by atoms with Crippen LogP contribution in [0.3, 0.4) is 0 Å². The standard InChI is InChI=1S/C10H20.Li.H/c1-10(2,3)9-7-5-4-6-8-9;;/h9H,4-8H2,1-3H3;;. The molecule has 0 bridgehead atoms. The van der Waals surface area contributed by atoms with E-state index >= 15 is 0 Å². The fraction of sp³-hybridized carbons (Fsp3) is 1.00. The van der Waals surface area contributed by atoms with Gasteiger partial charge >= 0.3 is 18.9 Å².